The van der Waals surface area contributed by atoms with Gasteiger partial charge in [-0.25, -0.2) is 0 Å². The Bertz CT molecular complexity index is 461. The molecule has 2 nitrogen and oxygen atoms in total. The fourth-order valence-corrected chi connectivity index (χ4v) is 3.69. The van der Waals surface area contributed by atoms with Crippen molar-refractivity contribution in [3.63, 3.8) is 0 Å². The lowest BCUT2D eigenvalue weighted by molar-refractivity contribution is 0.0928. The van der Waals surface area contributed by atoms with Crippen molar-refractivity contribution in [1.29, 1.82) is 0 Å². The van der Waals surface area contributed by atoms with Crippen molar-refractivity contribution in [2.24, 2.45) is 0 Å². The smallest absolute Gasteiger partial charge is 0.253 e. The highest BCUT2D eigenvalue weighted by molar-refractivity contribution is 9.10. The van der Waals surface area contributed by atoms with Gasteiger partial charge in [0.05, 0.1) is 10.6 Å². The van der Waals surface area contributed by atoms with Crippen LogP contribution in [0.4, 0.5) is 0 Å². The van der Waals surface area contributed by atoms with E-state index in [4.69, 9.17) is 11.6 Å². The van der Waals surface area contributed by atoms with Crippen LogP contribution in [0.3, 0.4) is 0 Å². The van der Waals surface area contributed by atoms with E-state index in [0.717, 1.165) is 22.6 Å². The summed E-state index contributed by atoms with van der Waals surface area (Å²) in [6.45, 7) is 0. The molecule has 1 aliphatic rings. The third-order valence-corrected chi connectivity index (χ3v) is 5.48. The number of hydrogen-bond donors (Lipinski definition) is 1. The first kappa shape index (κ1) is 15.2. The molecule has 1 aromatic rings. The Morgan fingerprint density at radius 3 is 2.68 bits per heavy atom. The van der Waals surface area contributed by atoms with E-state index in [1.807, 2.05) is 17.8 Å². The van der Waals surface area contributed by atoms with Gasteiger partial charge in [0.25, 0.3) is 5.91 Å². The number of thioether (sulfide) groups is 1. The van der Waals surface area contributed by atoms with E-state index in [2.05, 4.69) is 27.5 Å². The van der Waals surface area contributed by atoms with Crippen LogP contribution in [0.5, 0.6) is 0 Å². The predicted molar refractivity (Wildman–Crippen MR) is 86.2 cm³/mol. The number of rotatable bonds is 3. The van der Waals surface area contributed by atoms with Gasteiger partial charge in [0.15, 0.2) is 0 Å². The monoisotopic (exact) mass is 361 g/mol. The molecule has 0 atom stereocenters. The summed E-state index contributed by atoms with van der Waals surface area (Å²) in [6.07, 6.45) is 6.63. The summed E-state index contributed by atoms with van der Waals surface area (Å²) in [5.41, 5.74) is 0.544. The highest BCUT2D eigenvalue weighted by Gasteiger charge is 2.22. The average Bonchev–Trinajstić information content (AvgIpc) is 2.42. The maximum Gasteiger partial charge on any atom is 0.253 e. The van der Waals surface area contributed by atoms with Crippen LogP contribution in [0.1, 0.15) is 36.0 Å². The largest absolute Gasteiger partial charge is 0.349 e. The van der Waals surface area contributed by atoms with Crippen molar-refractivity contribution >= 4 is 45.2 Å². The topological polar surface area (TPSA) is 29.1 Å². The van der Waals surface area contributed by atoms with Crippen molar-refractivity contribution in [3.05, 3.63) is 33.3 Å². The molecule has 1 N–H and O–H groups in total. The molecule has 1 aromatic carbocycles. The van der Waals surface area contributed by atoms with Gasteiger partial charge in [-0.2, -0.15) is 11.8 Å². The minimum atomic E-state index is -0.0705. The lowest BCUT2D eigenvalue weighted by Gasteiger charge is -2.28. The molecule has 1 saturated carbocycles. The van der Waals surface area contributed by atoms with Crippen LogP contribution in [0.25, 0.3) is 0 Å². The second kappa shape index (κ2) is 7.00. The zero-order chi connectivity index (χ0) is 13.8. The Kier molecular flexibility index (Phi) is 5.60. The van der Waals surface area contributed by atoms with Crippen LogP contribution in [0.15, 0.2) is 22.7 Å². The van der Waals surface area contributed by atoms with Gasteiger partial charge in [0.2, 0.25) is 0 Å². The highest BCUT2D eigenvalue weighted by atomic mass is 79.9. The summed E-state index contributed by atoms with van der Waals surface area (Å²) >= 11 is 11.4. The van der Waals surface area contributed by atoms with E-state index in [9.17, 15) is 4.79 Å². The molecule has 104 valence electrons. The van der Waals surface area contributed by atoms with Gasteiger partial charge >= 0.3 is 0 Å². The highest BCUT2D eigenvalue weighted by Crippen LogP contribution is 2.27. The van der Waals surface area contributed by atoms with E-state index >= 15 is 0 Å². The second-order valence-electron chi connectivity index (χ2n) is 4.81. The van der Waals surface area contributed by atoms with Crippen molar-refractivity contribution in [2.45, 2.75) is 37.0 Å². The first-order valence-corrected chi connectivity index (χ1v) is 8.84. The van der Waals surface area contributed by atoms with Crippen molar-refractivity contribution in [2.75, 3.05) is 6.26 Å². The first-order chi connectivity index (χ1) is 9.10. The van der Waals surface area contributed by atoms with Gasteiger partial charge in [-0.3, -0.25) is 4.79 Å². The molecule has 0 aromatic heterocycles. The fourth-order valence-electron chi connectivity index (χ4n) is 2.38. The maximum atomic E-state index is 12.2. The average molecular weight is 363 g/mol. The van der Waals surface area contributed by atoms with Crippen LogP contribution in [-0.2, 0) is 0 Å². The third kappa shape index (κ3) is 4.14. The summed E-state index contributed by atoms with van der Waals surface area (Å²) < 4.78 is 0.869. The summed E-state index contributed by atoms with van der Waals surface area (Å²) in [5, 5.41) is 4.35. The van der Waals surface area contributed by atoms with E-state index in [0.29, 0.717) is 10.6 Å². The fraction of sp³-hybridized carbons (Fsp3) is 0.500. The molecule has 0 bridgehead atoms. The first-order valence-electron chi connectivity index (χ1n) is 6.39. The lowest BCUT2D eigenvalue weighted by atomic mass is 9.94. The molecular formula is C14H17BrClNOS. The van der Waals surface area contributed by atoms with Crippen LogP contribution < -0.4 is 5.32 Å². The summed E-state index contributed by atoms with van der Waals surface area (Å²) in [5.74, 6) is -0.0705. The van der Waals surface area contributed by atoms with Crippen molar-refractivity contribution < 1.29 is 4.79 Å². The number of halogens is 2. The summed E-state index contributed by atoms with van der Waals surface area (Å²) in [4.78, 5) is 12.2. The number of amides is 1. The van der Waals surface area contributed by atoms with Crippen LogP contribution in [-0.4, -0.2) is 23.5 Å². The predicted octanol–water partition coefficient (Wildman–Crippen LogP) is 4.51. The van der Waals surface area contributed by atoms with E-state index in [1.165, 1.54) is 12.8 Å². The molecule has 2 rings (SSSR count). The van der Waals surface area contributed by atoms with E-state index in [1.54, 1.807) is 12.1 Å². The standard InChI is InChI=1S/C14H17BrClNOS/c1-19-11-5-3-10(4-6-11)17-14(18)12-8-9(15)2-7-13(12)16/h2,7-8,10-11H,3-6H2,1H3,(H,17,18). The van der Waals surface area contributed by atoms with Crippen LogP contribution in [0.2, 0.25) is 5.02 Å². The number of carbonyl (C=O) groups is 1. The molecule has 0 spiro atoms. The third-order valence-electron chi connectivity index (χ3n) is 3.52. The zero-order valence-electron chi connectivity index (χ0n) is 10.8. The SMILES string of the molecule is CSC1CCC(NC(=O)c2cc(Br)ccc2Cl)CC1. The second-order valence-corrected chi connectivity index (χ2v) is 7.27. The molecule has 0 aliphatic heterocycles. The zero-order valence-corrected chi connectivity index (χ0v) is 13.9. The Morgan fingerprint density at radius 1 is 1.37 bits per heavy atom. The maximum absolute atomic E-state index is 12.2. The van der Waals surface area contributed by atoms with Gasteiger partial charge in [0.1, 0.15) is 0 Å². The molecule has 5 heteroatoms. The number of benzene rings is 1. The Hall–Kier alpha value is -0.190. The van der Waals surface area contributed by atoms with Gasteiger partial charge < -0.3 is 5.32 Å². The Labute approximate surface area is 131 Å². The van der Waals surface area contributed by atoms with E-state index < -0.39 is 0 Å². The number of nitrogens with one attached hydrogen (secondary N) is 1. The van der Waals surface area contributed by atoms with Crippen molar-refractivity contribution in [1.82, 2.24) is 5.32 Å². The van der Waals surface area contributed by atoms with Crippen LogP contribution >= 0.6 is 39.3 Å². The van der Waals surface area contributed by atoms with Crippen molar-refractivity contribution in [3.8, 4) is 0 Å². The normalized spacial score (nSPS) is 23.1. The number of carbonyl (C=O) groups excluding carboxylic acids is 1. The minimum absolute atomic E-state index is 0.0705. The summed E-state index contributed by atoms with van der Waals surface area (Å²) in [7, 11) is 0. The van der Waals surface area contributed by atoms with Gasteiger partial charge in [0, 0.05) is 15.8 Å². The van der Waals surface area contributed by atoms with Gasteiger partial charge in [-0.05, 0) is 50.1 Å². The molecule has 1 fully saturated rings. The number of hydrogen-bond acceptors (Lipinski definition) is 2. The molecule has 0 unspecified atom stereocenters. The lowest BCUT2D eigenvalue weighted by Crippen LogP contribution is -2.38. The Balaban J connectivity index is 1.96. The molecular weight excluding hydrogens is 346 g/mol. The molecule has 1 amide bonds. The van der Waals surface area contributed by atoms with Gasteiger partial charge in [-0.1, -0.05) is 27.5 Å². The minimum Gasteiger partial charge on any atom is -0.349 e. The molecule has 0 heterocycles. The summed E-state index contributed by atoms with van der Waals surface area (Å²) in [6, 6.07) is 5.63. The van der Waals surface area contributed by atoms with E-state index in [-0.39, 0.29) is 11.9 Å². The van der Waals surface area contributed by atoms with Gasteiger partial charge in [-0.15, -0.1) is 0 Å². The van der Waals surface area contributed by atoms with Crippen LogP contribution in [0, 0.1) is 0 Å². The quantitative estimate of drug-likeness (QED) is 0.857. The molecule has 1 aliphatic carbocycles. The Morgan fingerprint density at radius 2 is 2.05 bits per heavy atom. The molecule has 0 radical (unpaired) electrons. The molecule has 19 heavy (non-hydrogen) atoms. The molecule has 0 saturated heterocycles.